The van der Waals surface area contributed by atoms with Crippen molar-refractivity contribution < 1.29 is 18.3 Å². The molecule has 0 aromatic heterocycles. The largest absolute Gasteiger partial charge is 0.416 e. The molecule has 0 atom stereocenters. The van der Waals surface area contributed by atoms with E-state index in [1.807, 2.05) is 0 Å². The Morgan fingerprint density at radius 2 is 1.85 bits per heavy atom. The SMILES string of the molecule is CNCc1ccc(N(C)C(C)(C)CO)cc1C(F)(F)F. The molecule has 0 spiro atoms. The molecule has 0 aliphatic heterocycles. The van der Waals surface area contributed by atoms with E-state index in [-0.39, 0.29) is 18.7 Å². The highest BCUT2D eigenvalue weighted by Gasteiger charge is 2.34. The standard InChI is InChI=1S/C14H21F3N2O/c1-13(2,9-20)19(4)11-6-5-10(8-18-3)12(7-11)14(15,16)17/h5-7,18,20H,8-9H2,1-4H3. The predicted octanol–water partition coefficient (Wildman–Crippen LogP) is 2.63. The summed E-state index contributed by atoms with van der Waals surface area (Å²) in [5.41, 5.74) is -0.645. The summed E-state index contributed by atoms with van der Waals surface area (Å²) in [4.78, 5) is 1.64. The van der Waals surface area contributed by atoms with E-state index in [9.17, 15) is 18.3 Å². The van der Waals surface area contributed by atoms with E-state index in [2.05, 4.69) is 5.32 Å². The number of nitrogens with zero attached hydrogens (tertiary/aromatic N) is 1. The molecule has 0 saturated heterocycles. The lowest BCUT2D eigenvalue weighted by molar-refractivity contribution is -0.138. The van der Waals surface area contributed by atoms with Crippen molar-refractivity contribution in [2.45, 2.75) is 32.1 Å². The van der Waals surface area contributed by atoms with Crippen molar-refractivity contribution in [1.29, 1.82) is 0 Å². The summed E-state index contributed by atoms with van der Waals surface area (Å²) >= 11 is 0. The zero-order valence-corrected chi connectivity index (χ0v) is 12.2. The quantitative estimate of drug-likeness (QED) is 0.875. The molecule has 20 heavy (non-hydrogen) atoms. The van der Waals surface area contributed by atoms with Gasteiger partial charge in [0.05, 0.1) is 17.7 Å². The number of alkyl halides is 3. The predicted molar refractivity (Wildman–Crippen MR) is 73.8 cm³/mol. The summed E-state index contributed by atoms with van der Waals surface area (Å²) < 4.78 is 39.3. The number of nitrogens with one attached hydrogen (secondary N) is 1. The van der Waals surface area contributed by atoms with Crippen molar-refractivity contribution in [2.24, 2.45) is 0 Å². The van der Waals surface area contributed by atoms with E-state index < -0.39 is 17.3 Å². The first-order chi connectivity index (χ1) is 9.13. The Balaban J connectivity index is 3.26. The fraction of sp³-hybridized carbons (Fsp3) is 0.571. The van der Waals surface area contributed by atoms with Gasteiger partial charge in [0.15, 0.2) is 0 Å². The van der Waals surface area contributed by atoms with Crippen LogP contribution in [0.4, 0.5) is 18.9 Å². The Morgan fingerprint density at radius 3 is 2.30 bits per heavy atom. The van der Waals surface area contributed by atoms with Crippen LogP contribution in [0.3, 0.4) is 0 Å². The number of rotatable bonds is 5. The molecule has 0 aliphatic carbocycles. The monoisotopic (exact) mass is 290 g/mol. The van der Waals surface area contributed by atoms with Crippen LogP contribution in [-0.4, -0.2) is 31.3 Å². The van der Waals surface area contributed by atoms with Gasteiger partial charge in [0, 0.05) is 19.3 Å². The van der Waals surface area contributed by atoms with Crippen molar-refractivity contribution in [3.05, 3.63) is 29.3 Å². The second-order valence-corrected chi connectivity index (χ2v) is 5.40. The average Bonchev–Trinajstić information content (AvgIpc) is 2.37. The molecule has 0 saturated carbocycles. The van der Waals surface area contributed by atoms with Crippen LogP contribution in [0, 0.1) is 0 Å². The van der Waals surface area contributed by atoms with Gasteiger partial charge >= 0.3 is 6.18 Å². The van der Waals surface area contributed by atoms with E-state index in [0.29, 0.717) is 5.69 Å². The van der Waals surface area contributed by atoms with E-state index in [1.54, 1.807) is 38.9 Å². The average molecular weight is 290 g/mol. The number of hydrogen-bond donors (Lipinski definition) is 2. The third-order valence-electron chi connectivity index (χ3n) is 3.45. The number of likely N-dealkylation sites (N-methyl/N-ethyl adjacent to an activating group) is 1. The van der Waals surface area contributed by atoms with Crippen LogP contribution in [0.2, 0.25) is 0 Å². The molecule has 1 rings (SSSR count). The molecule has 1 aromatic rings. The highest BCUT2D eigenvalue weighted by atomic mass is 19.4. The lowest BCUT2D eigenvalue weighted by Gasteiger charge is -2.36. The van der Waals surface area contributed by atoms with Crippen molar-refractivity contribution in [1.82, 2.24) is 5.32 Å². The first-order valence-electron chi connectivity index (χ1n) is 6.33. The van der Waals surface area contributed by atoms with Crippen LogP contribution in [-0.2, 0) is 12.7 Å². The van der Waals surface area contributed by atoms with Gasteiger partial charge in [-0.05, 0) is 38.6 Å². The molecular weight excluding hydrogens is 269 g/mol. The normalized spacial score (nSPS) is 12.6. The smallest absolute Gasteiger partial charge is 0.394 e. The van der Waals surface area contributed by atoms with Crippen molar-refractivity contribution in [3.63, 3.8) is 0 Å². The van der Waals surface area contributed by atoms with Crippen LogP contribution in [0.15, 0.2) is 18.2 Å². The Hall–Kier alpha value is -1.27. The number of aliphatic hydroxyl groups excluding tert-OH is 1. The minimum absolute atomic E-state index is 0.150. The molecule has 0 bridgehead atoms. The van der Waals surface area contributed by atoms with E-state index in [0.717, 1.165) is 6.07 Å². The molecule has 0 unspecified atom stereocenters. The van der Waals surface area contributed by atoms with E-state index in [1.165, 1.54) is 6.07 Å². The summed E-state index contributed by atoms with van der Waals surface area (Å²) in [7, 11) is 3.28. The van der Waals surface area contributed by atoms with Gasteiger partial charge in [-0.15, -0.1) is 0 Å². The number of hydrogen-bond acceptors (Lipinski definition) is 3. The van der Waals surface area contributed by atoms with Gasteiger partial charge in [-0.3, -0.25) is 0 Å². The molecule has 0 fully saturated rings. The molecule has 0 aliphatic rings. The molecule has 0 amide bonds. The number of anilines is 1. The maximum absolute atomic E-state index is 13.1. The van der Waals surface area contributed by atoms with Gasteiger partial charge in [-0.2, -0.15) is 13.2 Å². The highest BCUT2D eigenvalue weighted by molar-refractivity contribution is 5.53. The van der Waals surface area contributed by atoms with E-state index in [4.69, 9.17) is 0 Å². The van der Waals surface area contributed by atoms with Crippen LogP contribution in [0.25, 0.3) is 0 Å². The van der Waals surface area contributed by atoms with Crippen molar-refractivity contribution in [2.75, 3.05) is 25.6 Å². The van der Waals surface area contributed by atoms with E-state index >= 15 is 0 Å². The third-order valence-corrected chi connectivity index (χ3v) is 3.45. The van der Waals surface area contributed by atoms with Gasteiger partial charge < -0.3 is 15.3 Å². The molecule has 0 radical (unpaired) electrons. The summed E-state index contributed by atoms with van der Waals surface area (Å²) in [6.45, 7) is 3.54. The molecule has 2 N–H and O–H groups in total. The van der Waals surface area contributed by atoms with Crippen LogP contribution >= 0.6 is 0 Å². The zero-order chi connectivity index (χ0) is 15.6. The number of benzene rings is 1. The number of halogens is 3. The highest BCUT2D eigenvalue weighted by Crippen LogP contribution is 2.35. The van der Waals surface area contributed by atoms with Gasteiger partial charge in [-0.1, -0.05) is 6.07 Å². The van der Waals surface area contributed by atoms with Gasteiger partial charge in [0.1, 0.15) is 0 Å². The Labute approximate surface area is 117 Å². The number of aliphatic hydroxyl groups is 1. The van der Waals surface area contributed by atoms with Gasteiger partial charge in [-0.25, -0.2) is 0 Å². The van der Waals surface area contributed by atoms with Gasteiger partial charge in [0.2, 0.25) is 0 Å². The molecule has 114 valence electrons. The Bertz CT molecular complexity index is 458. The van der Waals surface area contributed by atoms with Crippen molar-refractivity contribution >= 4 is 5.69 Å². The molecule has 1 aromatic carbocycles. The minimum Gasteiger partial charge on any atom is -0.394 e. The summed E-state index contributed by atoms with van der Waals surface area (Å²) in [6, 6.07) is 4.24. The molecule has 0 heterocycles. The first kappa shape index (κ1) is 16.8. The molecule has 6 heteroatoms. The minimum atomic E-state index is -4.40. The Kier molecular flexibility index (Phi) is 5.05. The Morgan fingerprint density at radius 1 is 1.25 bits per heavy atom. The first-order valence-corrected chi connectivity index (χ1v) is 6.33. The summed E-state index contributed by atoms with van der Waals surface area (Å²) in [5, 5.41) is 12.1. The third kappa shape index (κ3) is 3.64. The van der Waals surface area contributed by atoms with Crippen LogP contribution in [0.1, 0.15) is 25.0 Å². The topological polar surface area (TPSA) is 35.5 Å². The van der Waals surface area contributed by atoms with Gasteiger partial charge in [0.25, 0.3) is 0 Å². The fourth-order valence-corrected chi connectivity index (χ4v) is 1.84. The molecule has 3 nitrogen and oxygen atoms in total. The molecular formula is C14H21F3N2O. The summed E-state index contributed by atoms with van der Waals surface area (Å²) in [5.74, 6) is 0. The summed E-state index contributed by atoms with van der Waals surface area (Å²) in [6.07, 6.45) is -4.40. The maximum Gasteiger partial charge on any atom is 0.416 e. The fourth-order valence-electron chi connectivity index (χ4n) is 1.84. The van der Waals surface area contributed by atoms with Crippen LogP contribution in [0.5, 0.6) is 0 Å². The lowest BCUT2D eigenvalue weighted by Crippen LogP contribution is -2.44. The zero-order valence-electron chi connectivity index (χ0n) is 12.2. The second-order valence-electron chi connectivity index (χ2n) is 5.40. The second kappa shape index (κ2) is 6.01. The maximum atomic E-state index is 13.1. The van der Waals surface area contributed by atoms with Crippen LogP contribution < -0.4 is 10.2 Å². The van der Waals surface area contributed by atoms with Crippen molar-refractivity contribution in [3.8, 4) is 0 Å². The lowest BCUT2D eigenvalue weighted by atomic mass is 10.0.